The number of hydrogen-bond acceptors (Lipinski definition) is 2. The summed E-state index contributed by atoms with van der Waals surface area (Å²) in [7, 11) is 0. The van der Waals surface area contributed by atoms with Crippen LogP contribution in [0.2, 0.25) is 0 Å². The van der Waals surface area contributed by atoms with E-state index in [0.29, 0.717) is 42.5 Å². The van der Waals surface area contributed by atoms with Crippen LogP contribution in [0.4, 0.5) is 4.79 Å². The molecule has 1 aliphatic heterocycles. The van der Waals surface area contributed by atoms with E-state index in [1.807, 2.05) is 4.90 Å². The monoisotopic (exact) mass is 364 g/mol. The van der Waals surface area contributed by atoms with E-state index in [0.717, 1.165) is 12.5 Å². The zero-order chi connectivity index (χ0) is 19.2. The van der Waals surface area contributed by atoms with Gasteiger partial charge >= 0.3 is 6.03 Å². The van der Waals surface area contributed by atoms with Gasteiger partial charge in [-0.3, -0.25) is 0 Å². The Hall–Kier alpha value is -0.770. The Kier molecular flexibility index (Phi) is 5.14. The predicted octanol–water partition coefficient (Wildman–Crippen LogP) is 4.69. The highest BCUT2D eigenvalue weighted by molar-refractivity contribution is 5.74. The molecule has 1 heterocycles. The van der Waals surface area contributed by atoms with Gasteiger partial charge in [-0.25, -0.2) is 4.79 Å². The molecule has 0 radical (unpaired) electrons. The van der Waals surface area contributed by atoms with Crippen molar-refractivity contribution in [2.45, 2.75) is 73.6 Å². The second kappa shape index (κ2) is 6.68. The Morgan fingerprint density at radius 3 is 2.27 bits per heavy atom. The van der Waals surface area contributed by atoms with Gasteiger partial charge in [0.1, 0.15) is 0 Å². The Bertz CT molecular complexity index is 538. The predicted molar refractivity (Wildman–Crippen MR) is 106 cm³/mol. The van der Waals surface area contributed by atoms with Crippen molar-refractivity contribution in [2.24, 2.45) is 27.6 Å². The zero-order valence-electron chi connectivity index (χ0n) is 17.9. The minimum absolute atomic E-state index is 0.0890. The average Bonchev–Trinajstić information content (AvgIpc) is 2.60. The summed E-state index contributed by atoms with van der Waals surface area (Å²) >= 11 is 0. The first-order valence-electron chi connectivity index (χ1n) is 10.6. The number of urea groups is 1. The molecule has 3 aliphatic rings. The quantitative estimate of drug-likeness (QED) is 0.772. The van der Waals surface area contributed by atoms with E-state index >= 15 is 0 Å². The number of ether oxygens (including phenoxy) is 1. The lowest BCUT2D eigenvalue weighted by Gasteiger charge is -2.63. The molecule has 0 spiro atoms. The maximum atomic E-state index is 12.5. The second-order valence-electron chi connectivity index (χ2n) is 11.1. The fraction of sp³-hybridized carbons (Fsp3) is 0.955. The lowest BCUT2D eigenvalue weighted by atomic mass is 9.42. The normalized spacial score (nSPS) is 39.2. The molecular weight excluding hydrogens is 324 g/mol. The summed E-state index contributed by atoms with van der Waals surface area (Å²) in [5, 5.41) is 3.25. The molecule has 26 heavy (non-hydrogen) atoms. The highest BCUT2D eigenvalue weighted by atomic mass is 16.5. The molecule has 3 rings (SSSR count). The van der Waals surface area contributed by atoms with Crippen LogP contribution in [0, 0.1) is 27.6 Å². The van der Waals surface area contributed by atoms with Crippen LogP contribution in [0.15, 0.2) is 0 Å². The van der Waals surface area contributed by atoms with Gasteiger partial charge in [0.25, 0.3) is 0 Å². The molecule has 2 saturated carbocycles. The second-order valence-corrected chi connectivity index (χ2v) is 11.1. The summed E-state index contributed by atoms with van der Waals surface area (Å²) in [5.74, 6) is 0.720. The minimum Gasteiger partial charge on any atom is -0.378 e. The van der Waals surface area contributed by atoms with Crippen LogP contribution in [-0.2, 0) is 4.74 Å². The third-order valence-corrected chi connectivity index (χ3v) is 8.74. The molecule has 4 nitrogen and oxygen atoms in total. The van der Waals surface area contributed by atoms with Crippen molar-refractivity contribution < 1.29 is 9.53 Å². The van der Waals surface area contributed by atoms with Gasteiger partial charge in [0, 0.05) is 19.6 Å². The van der Waals surface area contributed by atoms with Crippen LogP contribution in [0.3, 0.4) is 0 Å². The van der Waals surface area contributed by atoms with Gasteiger partial charge in [0.2, 0.25) is 0 Å². The van der Waals surface area contributed by atoms with Crippen LogP contribution in [0.5, 0.6) is 0 Å². The average molecular weight is 365 g/mol. The van der Waals surface area contributed by atoms with Crippen molar-refractivity contribution in [2.75, 3.05) is 32.8 Å². The summed E-state index contributed by atoms with van der Waals surface area (Å²) < 4.78 is 5.36. The van der Waals surface area contributed by atoms with Gasteiger partial charge in [-0.05, 0) is 59.7 Å². The molecule has 2 aliphatic carbocycles. The van der Waals surface area contributed by atoms with Crippen molar-refractivity contribution in [3.05, 3.63) is 0 Å². The number of fused-ring (bicyclic) bond motifs is 1. The molecule has 4 heteroatoms. The van der Waals surface area contributed by atoms with Gasteiger partial charge in [-0.1, -0.05) is 41.5 Å². The largest absolute Gasteiger partial charge is 0.378 e. The highest BCUT2D eigenvalue weighted by Crippen LogP contribution is 2.66. The highest BCUT2D eigenvalue weighted by Gasteiger charge is 2.57. The molecule has 3 unspecified atom stereocenters. The smallest absolute Gasteiger partial charge is 0.317 e. The van der Waals surface area contributed by atoms with Gasteiger partial charge in [0.15, 0.2) is 0 Å². The first kappa shape index (κ1) is 20.0. The van der Waals surface area contributed by atoms with Gasteiger partial charge in [0.05, 0.1) is 13.2 Å². The van der Waals surface area contributed by atoms with E-state index in [2.05, 4.69) is 46.9 Å². The van der Waals surface area contributed by atoms with Crippen molar-refractivity contribution in [1.82, 2.24) is 10.2 Å². The Balaban J connectivity index is 1.67. The molecule has 0 bridgehead atoms. The molecule has 0 aromatic heterocycles. The van der Waals surface area contributed by atoms with Crippen LogP contribution < -0.4 is 5.32 Å². The summed E-state index contributed by atoms with van der Waals surface area (Å²) in [5.41, 5.74) is 1.38. The van der Waals surface area contributed by atoms with Gasteiger partial charge < -0.3 is 15.0 Å². The Morgan fingerprint density at radius 1 is 1.00 bits per heavy atom. The SMILES string of the molecule is CC1(CNC(=O)N2CCOCC2)CCC2(C)CCC(C)(C)C(C)(C)C2C1. The number of rotatable bonds is 2. The molecule has 0 aromatic rings. The lowest BCUT2D eigenvalue weighted by Crippen LogP contribution is -2.56. The fourth-order valence-corrected chi connectivity index (χ4v) is 5.75. The zero-order valence-corrected chi connectivity index (χ0v) is 17.9. The molecule has 2 amide bonds. The Morgan fingerprint density at radius 2 is 1.62 bits per heavy atom. The minimum atomic E-state index is 0.0890. The molecular formula is C22H40N2O2. The van der Waals surface area contributed by atoms with Crippen LogP contribution in [0.25, 0.3) is 0 Å². The number of amides is 2. The lowest BCUT2D eigenvalue weighted by molar-refractivity contribution is -0.136. The van der Waals surface area contributed by atoms with Crippen LogP contribution in [-0.4, -0.2) is 43.8 Å². The maximum Gasteiger partial charge on any atom is 0.317 e. The van der Waals surface area contributed by atoms with E-state index in [-0.39, 0.29) is 11.4 Å². The summed E-state index contributed by atoms with van der Waals surface area (Å²) in [6.07, 6.45) is 6.42. The van der Waals surface area contributed by atoms with Crippen molar-refractivity contribution in [3.63, 3.8) is 0 Å². The van der Waals surface area contributed by atoms with E-state index in [1.165, 1.54) is 32.1 Å². The van der Waals surface area contributed by atoms with Crippen LogP contribution in [0.1, 0.15) is 73.6 Å². The summed E-state index contributed by atoms with van der Waals surface area (Å²) in [6, 6.07) is 0.0890. The Labute approximate surface area is 160 Å². The standard InChI is InChI=1S/C22H40N2O2/c1-19(2)7-9-22(6)10-8-21(5,15-17(22)20(19,3)4)16-23-18(25)24-11-13-26-14-12-24/h17H,7-16H2,1-6H3,(H,23,25). The van der Waals surface area contributed by atoms with Gasteiger partial charge in [-0.2, -0.15) is 0 Å². The van der Waals surface area contributed by atoms with Crippen molar-refractivity contribution >= 4 is 6.03 Å². The molecule has 1 N–H and O–H groups in total. The number of carbonyl (C=O) groups excluding carboxylic acids is 1. The molecule has 1 saturated heterocycles. The summed E-state index contributed by atoms with van der Waals surface area (Å²) in [4.78, 5) is 14.4. The van der Waals surface area contributed by atoms with Crippen LogP contribution >= 0.6 is 0 Å². The number of hydrogen-bond donors (Lipinski definition) is 1. The first-order chi connectivity index (χ1) is 12.0. The number of nitrogens with zero attached hydrogens (tertiary/aromatic N) is 1. The summed E-state index contributed by atoms with van der Waals surface area (Å²) in [6.45, 7) is 18.4. The molecule has 3 atom stereocenters. The van der Waals surface area contributed by atoms with E-state index < -0.39 is 0 Å². The van der Waals surface area contributed by atoms with Gasteiger partial charge in [-0.15, -0.1) is 0 Å². The molecule has 3 fully saturated rings. The van der Waals surface area contributed by atoms with Crippen molar-refractivity contribution in [1.29, 1.82) is 0 Å². The van der Waals surface area contributed by atoms with E-state index in [1.54, 1.807) is 0 Å². The van der Waals surface area contributed by atoms with Crippen molar-refractivity contribution in [3.8, 4) is 0 Å². The van der Waals surface area contributed by atoms with E-state index in [9.17, 15) is 4.79 Å². The first-order valence-corrected chi connectivity index (χ1v) is 10.6. The maximum absolute atomic E-state index is 12.5. The third-order valence-electron chi connectivity index (χ3n) is 8.74. The number of carbonyl (C=O) groups is 1. The topological polar surface area (TPSA) is 41.6 Å². The molecule has 150 valence electrons. The number of morpholine rings is 1. The van der Waals surface area contributed by atoms with E-state index in [4.69, 9.17) is 4.74 Å². The molecule has 0 aromatic carbocycles. The number of nitrogens with one attached hydrogen (secondary N) is 1. The third kappa shape index (κ3) is 3.50. The fourth-order valence-electron chi connectivity index (χ4n) is 5.75.